The fourth-order valence-corrected chi connectivity index (χ4v) is 1.96. The monoisotopic (exact) mass is 206 g/mol. The van der Waals surface area contributed by atoms with Crippen LogP contribution in [-0.2, 0) is 4.79 Å². The molecule has 78 valence electrons. The van der Waals surface area contributed by atoms with Gasteiger partial charge in [0.05, 0.1) is 11.5 Å². The smallest absolute Gasteiger partial charge is 0.307 e. The number of hydrogen-bond donors (Lipinski definition) is 2. The number of rotatable bonds is 6. The van der Waals surface area contributed by atoms with Crippen LogP contribution in [0.5, 0.6) is 0 Å². The van der Waals surface area contributed by atoms with Gasteiger partial charge in [-0.25, -0.2) is 0 Å². The molecule has 1 atom stereocenters. The van der Waals surface area contributed by atoms with Crippen molar-refractivity contribution in [3.05, 3.63) is 0 Å². The normalized spacial score (nSPS) is 14.2. The molecule has 0 saturated heterocycles. The Balaban J connectivity index is 3.41. The van der Waals surface area contributed by atoms with Crippen LogP contribution in [0.15, 0.2) is 0 Å². The van der Waals surface area contributed by atoms with Crippen LogP contribution in [0.1, 0.15) is 27.2 Å². The second kappa shape index (κ2) is 5.50. The van der Waals surface area contributed by atoms with Crippen molar-refractivity contribution < 1.29 is 15.0 Å². The van der Waals surface area contributed by atoms with Crippen LogP contribution in [0.3, 0.4) is 0 Å². The molecule has 0 aromatic carbocycles. The fourth-order valence-electron chi connectivity index (χ4n) is 0.653. The third-order valence-electron chi connectivity index (χ3n) is 1.65. The minimum Gasteiger partial charge on any atom is -0.481 e. The lowest BCUT2D eigenvalue weighted by molar-refractivity contribution is -0.140. The number of aliphatic hydroxyl groups is 1. The highest BCUT2D eigenvalue weighted by Gasteiger charge is 2.14. The molecule has 0 aliphatic rings. The van der Waals surface area contributed by atoms with Gasteiger partial charge in [-0.1, -0.05) is 6.92 Å². The summed E-state index contributed by atoms with van der Waals surface area (Å²) in [6.45, 7) is 5.21. The SMILES string of the molecule is CC(CSCCC(C)(C)O)C(=O)O. The van der Waals surface area contributed by atoms with Crippen LogP contribution in [0.25, 0.3) is 0 Å². The lowest BCUT2D eigenvalue weighted by Gasteiger charge is -2.16. The van der Waals surface area contributed by atoms with Gasteiger partial charge in [0.2, 0.25) is 0 Å². The standard InChI is InChI=1S/C9H18O3S/c1-7(8(10)11)6-13-5-4-9(2,3)12/h7,12H,4-6H2,1-3H3,(H,10,11). The van der Waals surface area contributed by atoms with E-state index in [2.05, 4.69) is 0 Å². The van der Waals surface area contributed by atoms with E-state index >= 15 is 0 Å². The van der Waals surface area contributed by atoms with E-state index in [4.69, 9.17) is 5.11 Å². The van der Waals surface area contributed by atoms with Gasteiger partial charge >= 0.3 is 5.97 Å². The Morgan fingerprint density at radius 2 is 2.08 bits per heavy atom. The molecule has 0 fully saturated rings. The van der Waals surface area contributed by atoms with Crippen molar-refractivity contribution >= 4 is 17.7 Å². The molecule has 4 heteroatoms. The summed E-state index contributed by atoms with van der Waals surface area (Å²) in [7, 11) is 0. The molecule has 0 bridgehead atoms. The van der Waals surface area contributed by atoms with Gasteiger partial charge in [-0.2, -0.15) is 11.8 Å². The molecular formula is C9H18O3S. The van der Waals surface area contributed by atoms with Gasteiger partial charge in [-0.15, -0.1) is 0 Å². The molecule has 13 heavy (non-hydrogen) atoms. The molecule has 0 spiro atoms. The maximum atomic E-state index is 10.4. The maximum absolute atomic E-state index is 10.4. The van der Waals surface area contributed by atoms with E-state index in [0.717, 1.165) is 5.75 Å². The summed E-state index contributed by atoms with van der Waals surface area (Å²) in [5, 5.41) is 17.9. The molecule has 0 aliphatic carbocycles. The quantitative estimate of drug-likeness (QED) is 0.648. The van der Waals surface area contributed by atoms with Crippen LogP contribution in [0.4, 0.5) is 0 Å². The molecule has 0 radical (unpaired) electrons. The van der Waals surface area contributed by atoms with Crippen LogP contribution < -0.4 is 0 Å². The first-order valence-electron chi connectivity index (χ1n) is 4.36. The summed E-state index contributed by atoms with van der Waals surface area (Å²) < 4.78 is 0. The first-order chi connectivity index (χ1) is 5.83. The third kappa shape index (κ3) is 8.12. The average Bonchev–Trinajstić information content (AvgIpc) is 1.95. The van der Waals surface area contributed by atoms with Crippen LogP contribution in [-0.4, -0.2) is 33.3 Å². The molecule has 3 nitrogen and oxygen atoms in total. The van der Waals surface area contributed by atoms with Crippen LogP contribution in [0, 0.1) is 5.92 Å². The zero-order valence-corrected chi connectivity index (χ0v) is 9.23. The van der Waals surface area contributed by atoms with Crippen LogP contribution in [0.2, 0.25) is 0 Å². The Bertz CT molecular complexity index is 163. The molecular weight excluding hydrogens is 188 g/mol. The largest absolute Gasteiger partial charge is 0.481 e. The zero-order chi connectivity index (χ0) is 10.5. The van der Waals surface area contributed by atoms with E-state index < -0.39 is 11.6 Å². The van der Waals surface area contributed by atoms with Gasteiger partial charge < -0.3 is 10.2 Å². The molecule has 0 amide bonds. The first kappa shape index (κ1) is 12.8. The van der Waals surface area contributed by atoms with Gasteiger partial charge in [0, 0.05) is 5.75 Å². The number of carboxylic acid groups (broad SMARTS) is 1. The van der Waals surface area contributed by atoms with Gasteiger partial charge in [-0.05, 0) is 26.0 Å². The Morgan fingerprint density at radius 1 is 1.54 bits per heavy atom. The summed E-state index contributed by atoms with van der Waals surface area (Å²) in [6.07, 6.45) is 0.698. The topological polar surface area (TPSA) is 57.5 Å². The minimum atomic E-state index is -0.754. The van der Waals surface area contributed by atoms with Crippen molar-refractivity contribution in [1.82, 2.24) is 0 Å². The van der Waals surface area contributed by atoms with E-state index in [1.54, 1.807) is 32.5 Å². The lowest BCUT2D eigenvalue weighted by Crippen LogP contribution is -2.20. The van der Waals surface area contributed by atoms with Crippen molar-refractivity contribution in [2.75, 3.05) is 11.5 Å². The van der Waals surface area contributed by atoms with Crippen LogP contribution >= 0.6 is 11.8 Å². The number of thioether (sulfide) groups is 1. The maximum Gasteiger partial charge on any atom is 0.307 e. The summed E-state index contributed by atoms with van der Waals surface area (Å²) in [4.78, 5) is 10.4. The van der Waals surface area contributed by atoms with Gasteiger partial charge in [0.25, 0.3) is 0 Å². The Morgan fingerprint density at radius 3 is 2.46 bits per heavy atom. The fraction of sp³-hybridized carbons (Fsp3) is 0.889. The van der Waals surface area contributed by atoms with Crippen molar-refractivity contribution in [2.24, 2.45) is 5.92 Å². The van der Waals surface area contributed by atoms with E-state index in [1.165, 1.54) is 0 Å². The molecule has 0 rings (SSSR count). The summed E-state index contributed by atoms with van der Waals surface area (Å²) in [5.41, 5.74) is -0.639. The summed E-state index contributed by atoms with van der Waals surface area (Å²) >= 11 is 1.58. The first-order valence-corrected chi connectivity index (χ1v) is 5.51. The lowest BCUT2D eigenvalue weighted by atomic mass is 10.1. The summed E-state index contributed by atoms with van der Waals surface area (Å²) in [6, 6.07) is 0. The Hall–Kier alpha value is -0.220. The van der Waals surface area contributed by atoms with Gasteiger partial charge in [0.1, 0.15) is 0 Å². The predicted molar refractivity (Wildman–Crippen MR) is 55.0 cm³/mol. The van der Waals surface area contributed by atoms with E-state index in [0.29, 0.717) is 12.2 Å². The van der Waals surface area contributed by atoms with Crippen molar-refractivity contribution in [1.29, 1.82) is 0 Å². The zero-order valence-electron chi connectivity index (χ0n) is 8.41. The molecule has 0 heterocycles. The van der Waals surface area contributed by atoms with Crippen molar-refractivity contribution in [3.63, 3.8) is 0 Å². The van der Waals surface area contributed by atoms with E-state index in [9.17, 15) is 9.90 Å². The number of aliphatic carboxylic acids is 1. The molecule has 1 unspecified atom stereocenters. The van der Waals surface area contributed by atoms with E-state index in [1.807, 2.05) is 0 Å². The van der Waals surface area contributed by atoms with Gasteiger partial charge in [-0.3, -0.25) is 4.79 Å². The molecule has 0 aromatic rings. The predicted octanol–water partition coefficient (Wildman–Crippen LogP) is 1.60. The summed E-state index contributed by atoms with van der Waals surface area (Å²) in [5.74, 6) is 0.370. The third-order valence-corrected chi connectivity index (χ3v) is 2.88. The number of carboxylic acids is 1. The number of hydrogen-bond acceptors (Lipinski definition) is 3. The number of carbonyl (C=O) groups is 1. The minimum absolute atomic E-state index is 0.299. The molecule has 2 N–H and O–H groups in total. The molecule has 0 aliphatic heterocycles. The average molecular weight is 206 g/mol. The highest BCUT2D eigenvalue weighted by molar-refractivity contribution is 7.99. The molecule has 0 aromatic heterocycles. The Kier molecular flexibility index (Phi) is 5.40. The van der Waals surface area contributed by atoms with Crippen molar-refractivity contribution in [2.45, 2.75) is 32.8 Å². The second-order valence-electron chi connectivity index (χ2n) is 3.88. The highest BCUT2D eigenvalue weighted by atomic mass is 32.2. The highest BCUT2D eigenvalue weighted by Crippen LogP contribution is 2.15. The Labute approximate surface area is 83.5 Å². The van der Waals surface area contributed by atoms with E-state index in [-0.39, 0.29) is 5.92 Å². The second-order valence-corrected chi connectivity index (χ2v) is 5.03. The van der Waals surface area contributed by atoms with Gasteiger partial charge in [0.15, 0.2) is 0 Å². The van der Waals surface area contributed by atoms with Crippen molar-refractivity contribution in [3.8, 4) is 0 Å². The molecule has 0 saturated carbocycles.